The zero-order valence-corrected chi connectivity index (χ0v) is 7.47. The fourth-order valence-electron chi connectivity index (χ4n) is 0.979. The minimum atomic E-state index is 1.25. The zero-order chi connectivity index (χ0) is 6.95. The molecule has 1 unspecified atom stereocenters. The van der Waals surface area contributed by atoms with Crippen molar-refractivity contribution >= 4 is 9.24 Å². The number of rotatable bonds is 0. The lowest BCUT2D eigenvalue weighted by Gasteiger charge is -1.91. The van der Waals surface area contributed by atoms with Crippen LogP contribution in [0.25, 0.3) is 0 Å². The van der Waals surface area contributed by atoms with Crippen molar-refractivity contribution in [2.45, 2.75) is 25.7 Å². The summed E-state index contributed by atoms with van der Waals surface area (Å²) in [6.45, 7) is 4.42. The van der Waals surface area contributed by atoms with Crippen molar-refractivity contribution in [2.75, 3.05) is 19.8 Å². The van der Waals surface area contributed by atoms with Gasteiger partial charge in [-0.05, 0) is 25.9 Å². The van der Waals surface area contributed by atoms with E-state index in [0.717, 1.165) is 0 Å². The molecule has 56 valence electrons. The number of hydrogen-bond acceptors (Lipinski definition) is 1. The molecule has 0 aliphatic carbocycles. The van der Waals surface area contributed by atoms with Crippen LogP contribution in [0, 0.1) is 0 Å². The van der Waals surface area contributed by atoms with Gasteiger partial charge >= 0.3 is 0 Å². The van der Waals surface area contributed by atoms with Crippen LogP contribution in [-0.2, 0) is 0 Å². The average Bonchev–Trinajstić information content (AvgIpc) is 2.21. The molecule has 0 saturated carbocycles. The van der Waals surface area contributed by atoms with Gasteiger partial charge in [-0.25, -0.2) is 0 Å². The molecule has 0 amide bonds. The third-order valence-electron chi connectivity index (χ3n) is 1.46. The quantitative estimate of drug-likeness (QED) is 0.514. The molecule has 1 rings (SSSR count). The normalized spacial score (nSPS) is 19.3. The number of nitrogens with one attached hydrogen (secondary N) is 1. The molecule has 0 radical (unpaired) electrons. The number of hydrogen-bond donors (Lipinski definition) is 1. The van der Waals surface area contributed by atoms with Crippen molar-refractivity contribution in [3.8, 4) is 0 Å². The Balaban J connectivity index is 0.000000291. The first kappa shape index (κ1) is 9.39. The Hall–Kier alpha value is 0.390. The summed E-state index contributed by atoms with van der Waals surface area (Å²) in [5.41, 5.74) is 0. The summed E-state index contributed by atoms with van der Waals surface area (Å²) in [4.78, 5) is 0. The van der Waals surface area contributed by atoms with Crippen LogP contribution in [0.2, 0.25) is 0 Å². The summed E-state index contributed by atoms with van der Waals surface area (Å²) < 4.78 is 0. The summed E-state index contributed by atoms with van der Waals surface area (Å²) in [6, 6.07) is 0. The molecule has 1 aliphatic heterocycles. The van der Waals surface area contributed by atoms with Gasteiger partial charge in [-0.15, -0.1) is 9.24 Å². The molecule has 2 heteroatoms. The van der Waals surface area contributed by atoms with Crippen LogP contribution in [0.5, 0.6) is 0 Å². The molecule has 1 fully saturated rings. The van der Waals surface area contributed by atoms with E-state index in [2.05, 4.69) is 14.6 Å². The predicted octanol–water partition coefficient (Wildman–Crippen LogP) is 1.64. The average molecular weight is 147 g/mol. The van der Waals surface area contributed by atoms with E-state index in [-0.39, 0.29) is 0 Å². The van der Waals surface area contributed by atoms with E-state index in [1.165, 1.54) is 38.8 Å². The fourth-order valence-corrected chi connectivity index (χ4v) is 0.979. The summed E-state index contributed by atoms with van der Waals surface area (Å²) in [5.74, 6) is 0. The van der Waals surface area contributed by atoms with Crippen LogP contribution in [0.1, 0.15) is 25.7 Å². The van der Waals surface area contributed by atoms with Gasteiger partial charge in [0.25, 0.3) is 0 Å². The first-order valence-corrected chi connectivity index (χ1v) is 4.94. The van der Waals surface area contributed by atoms with Crippen LogP contribution in [0.3, 0.4) is 0 Å². The highest BCUT2D eigenvalue weighted by Crippen LogP contribution is 2.00. The highest BCUT2D eigenvalue weighted by atomic mass is 31.0. The van der Waals surface area contributed by atoms with Gasteiger partial charge in [-0.1, -0.05) is 19.5 Å². The van der Waals surface area contributed by atoms with Crippen molar-refractivity contribution in [1.29, 1.82) is 0 Å². The molecular weight excluding hydrogens is 129 g/mol. The van der Waals surface area contributed by atoms with Gasteiger partial charge in [0.2, 0.25) is 0 Å². The molecule has 1 N–H and O–H groups in total. The Morgan fingerprint density at radius 2 is 1.33 bits per heavy atom. The van der Waals surface area contributed by atoms with E-state index in [4.69, 9.17) is 0 Å². The third kappa shape index (κ3) is 6.27. The second kappa shape index (κ2) is 8.39. The molecule has 1 aliphatic rings. The molecule has 1 saturated heterocycles. The van der Waals surface area contributed by atoms with Crippen molar-refractivity contribution in [1.82, 2.24) is 5.32 Å². The van der Waals surface area contributed by atoms with E-state index in [1.54, 1.807) is 0 Å². The summed E-state index contributed by atoms with van der Waals surface area (Å²) in [6.07, 6.45) is 5.65. The Morgan fingerprint density at radius 3 is 1.78 bits per heavy atom. The summed E-state index contributed by atoms with van der Waals surface area (Å²) in [5, 5.41) is 3.35. The third-order valence-corrected chi connectivity index (χ3v) is 1.46. The Kier molecular flexibility index (Phi) is 8.75. The van der Waals surface area contributed by atoms with Crippen LogP contribution < -0.4 is 5.32 Å². The highest BCUT2D eigenvalue weighted by molar-refractivity contribution is 7.15. The van der Waals surface area contributed by atoms with E-state index in [9.17, 15) is 0 Å². The molecule has 0 aromatic carbocycles. The minimum absolute atomic E-state index is 1.25. The smallest absolute Gasteiger partial charge is 0.00489 e. The maximum atomic E-state index is 3.35. The highest BCUT2D eigenvalue weighted by Gasteiger charge is 1.94. The molecule has 1 nitrogen and oxygen atoms in total. The van der Waals surface area contributed by atoms with Gasteiger partial charge in [0, 0.05) is 0 Å². The lowest BCUT2D eigenvalue weighted by molar-refractivity contribution is 0.702. The molecule has 9 heavy (non-hydrogen) atoms. The second-order valence-electron chi connectivity index (χ2n) is 2.16. The zero-order valence-electron chi connectivity index (χ0n) is 6.32. The van der Waals surface area contributed by atoms with Gasteiger partial charge in [-0.3, -0.25) is 0 Å². The summed E-state index contributed by atoms with van der Waals surface area (Å²) >= 11 is 0. The lowest BCUT2D eigenvalue weighted by atomic mass is 10.2. The molecule has 0 aromatic rings. The minimum Gasteiger partial charge on any atom is -0.317 e. The predicted molar refractivity (Wildman–Crippen MR) is 47.0 cm³/mol. The van der Waals surface area contributed by atoms with E-state index >= 15 is 0 Å². The van der Waals surface area contributed by atoms with Crippen LogP contribution in [0.4, 0.5) is 0 Å². The monoisotopic (exact) mass is 147 g/mol. The van der Waals surface area contributed by atoms with Gasteiger partial charge in [0.1, 0.15) is 0 Å². The largest absolute Gasteiger partial charge is 0.317 e. The van der Waals surface area contributed by atoms with Crippen LogP contribution >= 0.6 is 9.24 Å². The SMILES string of the molecule is C1CCCNCC1.CP. The van der Waals surface area contributed by atoms with Crippen molar-refractivity contribution < 1.29 is 0 Å². The van der Waals surface area contributed by atoms with Crippen LogP contribution in [-0.4, -0.2) is 19.8 Å². The lowest BCUT2D eigenvalue weighted by Crippen LogP contribution is -2.12. The molecule has 0 spiro atoms. The van der Waals surface area contributed by atoms with Crippen molar-refractivity contribution in [3.63, 3.8) is 0 Å². The molecule has 1 heterocycles. The van der Waals surface area contributed by atoms with E-state index in [1.807, 2.05) is 6.66 Å². The first-order chi connectivity index (χ1) is 4.50. The standard InChI is InChI=1S/C6H13N.CH5P/c1-2-4-6-7-5-3-1;1-2/h7H,1-6H2;2H2,1H3. The Bertz CT molecular complexity index is 28.5. The molecular formula is C7H18NP. The van der Waals surface area contributed by atoms with Gasteiger partial charge in [-0.2, -0.15) is 0 Å². The van der Waals surface area contributed by atoms with Crippen LogP contribution in [0.15, 0.2) is 0 Å². The van der Waals surface area contributed by atoms with Gasteiger partial charge in [0.05, 0.1) is 0 Å². The molecule has 1 atom stereocenters. The van der Waals surface area contributed by atoms with Crippen molar-refractivity contribution in [3.05, 3.63) is 0 Å². The molecule has 0 aromatic heterocycles. The maximum Gasteiger partial charge on any atom is -0.00489 e. The second-order valence-corrected chi connectivity index (χ2v) is 2.16. The fraction of sp³-hybridized carbons (Fsp3) is 1.00. The van der Waals surface area contributed by atoms with E-state index in [0.29, 0.717) is 0 Å². The Labute approximate surface area is 60.8 Å². The molecule has 0 bridgehead atoms. The van der Waals surface area contributed by atoms with Crippen molar-refractivity contribution in [2.24, 2.45) is 0 Å². The maximum absolute atomic E-state index is 3.35. The topological polar surface area (TPSA) is 12.0 Å². The van der Waals surface area contributed by atoms with Gasteiger partial charge < -0.3 is 5.32 Å². The summed E-state index contributed by atoms with van der Waals surface area (Å²) in [7, 11) is 2.42. The Morgan fingerprint density at radius 1 is 0.889 bits per heavy atom. The first-order valence-electron chi connectivity index (χ1n) is 3.78. The van der Waals surface area contributed by atoms with Gasteiger partial charge in [0.15, 0.2) is 0 Å². The van der Waals surface area contributed by atoms with E-state index < -0.39 is 0 Å².